The van der Waals surface area contributed by atoms with E-state index in [4.69, 9.17) is 4.74 Å². The predicted molar refractivity (Wildman–Crippen MR) is 68.8 cm³/mol. The Balaban J connectivity index is 1.89. The van der Waals surface area contributed by atoms with E-state index in [2.05, 4.69) is 25.7 Å². The van der Waals surface area contributed by atoms with Crippen LogP contribution in [0.1, 0.15) is 5.69 Å². The lowest BCUT2D eigenvalue weighted by Gasteiger charge is -2.09. The molecule has 98 valence electrons. The second-order valence-electron chi connectivity index (χ2n) is 3.92. The molecular weight excluding hydrogens is 232 g/mol. The summed E-state index contributed by atoms with van der Waals surface area (Å²) < 4.78 is 6.65. The third-order valence-corrected chi connectivity index (χ3v) is 2.47. The molecule has 0 aliphatic carbocycles. The van der Waals surface area contributed by atoms with E-state index in [1.165, 1.54) is 6.33 Å². The summed E-state index contributed by atoms with van der Waals surface area (Å²) in [4.78, 5) is 8.36. The minimum Gasteiger partial charge on any atom is -0.383 e. The quantitative estimate of drug-likeness (QED) is 0.678. The average molecular weight is 250 g/mol. The summed E-state index contributed by atoms with van der Waals surface area (Å²) in [6.45, 7) is 5.19. The van der Waals surface area contributed by atoms with Crippen LogP contribution in [0.15, 0.2) is 12.4 Å². The first-order valence-electron chi connectivity index (χ1n) is 5.92. The molecule has 2 aromatic rings. The number of nitrogens with zero attached hydrogens (tertiary/aromatic N) is 4. The van der Waals surface area contributed by atoms with Crippen LogP contribution in [0.4, 0.5) is 5.82 Å². The fraction of sp³-hybridized carbons (Fsp3) is 0.545. The molecule has 0 bridgehead atoms. The van der Waals surface area contributed by atoms with Crippen molar-refractivity contribution in [2.75, 3.05) is 38.7 Å². The molecule has 0 fully saturated rings. The summed E-state index contributed by atoms with van der Waals surface area (Å²) >= 11 is 0. The van der Waals surface area contributed by atoms with Gasteiger partial charge in [0.2, 0.25) is 0 Å². The summed E-state index contributed by atoms with van der Waals surface area (Å²) in [6, 6.07) is 1.96. The lowest BCUT2D eigenvalue weighted by Crippen LogP contribution is -2.26. The zero-order valence-electron chi connectivity index (χ0n) is 10.7. The first kappa shape index (κ1) is 12.7. The molecule has 0 saturated heterocycles. The topological polar surface area (TPSA) is 76.4 Å². The third kappa shape index (κ3) is 3.14. The van der Waals surface area contributed by atoms with Crippen molar-refractivity contribution in [1.82, 2.24) is 24.9 Å². The van der Waals surface area contributed by atoms with E-state index in [0.717, 1.165) is 37.8 Å². The maximum atomic E-state index is 4.96. The highest BCUT2D eigenvalue weighted by Crippen LogP contribution is 2.09. The van der Waals surface area contributed by atoms with Gasteiger partial charge in [0.15, 0.2) is 0 Å². The van der Waals surface area contributed by atoms with Crippen molar-refractivity contribution in [2.24, 2.45) is 0 Å². The van der Waals surface area contributed by atoms with Crippen LogP contribution in [0, 0.1) is 6.92 Å². The molecule has 18 heavy (non-hydrogen) atoms. The normalized spacial score (nSPS) is 11.0. The molecule has 0 saturated carbocycles. The summed E-state index contributed by atoms with van der Waals surface area (Å²) in [5.74, 6) is 1.52. The first-order valence-corrected chi connectivity index (χ1v) is 5.92. The highest BCUT2D eigenvalue weighted by molar-refractivity contribution is 5.44. The molecule has 0 unspecified atom stereocenters. The fourth-order valence-electron chi connectivity index (χ4n) is 1.63. The summed E-state index contributed by atoms with van der Waals surface area (Å²) in [7, 11) is 1.70. The van der Waals surface area contributed by atoms with Crippen LogP contribution in [0.3, 0.4) is 0 Å². The standard InChI is InChI=1S/C11H18N6O/c1-9-7-10(13-4-3-12-5-6-18-2)17-11(16-9)14-8-15-17/h7-8,12-13H,3-6H2,1-2H3. The number of rotatable bonds is 7. The predicted octanol–water partition coefficient (Wildman–Crippen LogP) is 0.0806. The Hall–Kier alpha value is -1.73. The van der Waals surface area contributed by atoms with Gasteiger partial charge in [-0.1, -0.05) is 0 Å². The number of aryl methyl sites for hydroxylation is 1. The highest BCUT2D eigenvalue weighted by Gasteiger charge is 2.04. The second kappa shape index (κ2) is 6.27. The van der Waals surface area contributed by atoms with Gasteiger partial charge >= 0.3 is 0 Å². The van der Waals surface area contributed by atoms with Crippen molar-refractivity contribution in [1.29, 1.82) is 0 Å². The first-order chi connectivity index (χ1) is 8.81. The van der Waals surface area contributed by atoms with Gasteiger partial charge in [-0.2, -0.15) is 14.6 Å². The SMILES string of the molecule is COCCNCCNc1cc(C)nc2ncnn12. The lowest BCUT2D eigenvalue weighted by molar-refractivity contribution is 0.200. The largest absolute Gasteiger partial charge is 0.383 e. The molecular formula is C11H18N6O. The van der Waals surface area contributed by atoms with E-state index in [1.54, 1.807) is 11.6 Å². The Bertz CT molecular complexity index is 497. The number of methoxy groups -OCH3 is 1. The molecule has 0 aliphatic rings. The Morgan fingerprint density at radius 3 is 3.06 bits per heavy atom. The minimum atomic E-state index is 0.616. The van der Waals surface area contributed by atoms with Crippen molar-refractivity contribution in [3.63, 3.8) is 0 Å². The molecule has 2 heterocycles. The zero-order chi connectivity index (χ0) is 12.8. The van der Waals surface area contributed by atoms with Gasteiger partial charge in [0.25, 0.3) is 5.78 Å². The maximum Gasteiger partial charge on any atom is 0.254 e. The van der Waals surface area contributed by atoms with Gasteiger partial charge in [0.05, 0.1) is 6.61 Å². The van der Waals surface area contributed by atoms with Gasteiger partial charge < -0.3 is 15.4 Å². The maximum absolute atomic E-state index is 4.96. The molecule has 2 rings (SSSR count). The second-order valence-corrected chi connectivity index (χ2v) is 3.92. The Labute approximate surface area is 106 Å². The summed E-state index contributed by atoms with van der Waals surface area (Å²) in [5, 5.41) is 10.7. The van der Waals surface area contributed by atoms with Gasteiger partial charge in [-0.05, 0) is 6.92 Å². The zero-order valence-corrected chi connectivity index (χ0v) is 10.7. The Morgan fingerprint density at radius 1 is 1.33 bits per heavy atom. The van der Waals surface area contributed by atoms with Crippen LogP contribution in [0.25, 0.3) is 5.78 Å². The van der Waals surface area contributed by atoms with Gasteiger partial charge in [-0.3, -0.25) is 0 Å². The number of anilines is 1. The third-order valence-electron chi connectivity index (χ3n) is 2.47. The number of aromatic nitrogens is 4. The molecule has 0 aromatic carbocycles. The summed E-state index contributed by atoms with van der Waals surface area (Å²) in [5.41, 5.74) is 0.922. The molecule has 0 radical (unpaired) electrons. The van der Waals surface area contributed by atoms with Crippen LogP contribution in [-0.2, 0) is 4.74 Å². The van der Waals surface area contributed by atoms with Crippen LogP contribution in [0.2, 0.25) is 0 Å². The fourth-order valence-corrected chi connectivity index (χ4v) is 1.63. The molecule has 0 amide bonds. The van der Waals surface area contributed by atoms with Crippen LogP contribution >= 0.6 is 0 Å². The van der Waals surface area contributed by atoms with E-state index in [-0.39, 0.29) is 0 Å². The number of fused-ring (bicyclic) bond motifs is 1. The van der Waals surface area contributed by atoms with E-state index < -0.39 is 0 Å². The van der Waals surface area contributed by atoms with Crippen molar-refractivity contribution in [2.45, 2.75) is 6.92 Å². The van der Waals surface area contributed by atoms with Crippen molar-refractivity contribution in [3.8, 4) is 0 Å². The molecule has 7 nitrogen and oxygen atoms in total. The van der Waals surface area contributed by atoms with Crippen LogP contribution in [-0.4, -0.2) is 52.9 Å². The Kier molecular flexibility index (Phi) is 4.43. The monoisotopic (exact) mass is 250 g/mol. The molecule has 0 atom stereocenters. The summed E-state index contributed by atoms with van der Waals surface area (Å²) in [6.07, 6.45) is 1.50. The molecule has 0 spiro atoms. The minimum absolute atomic E-state index is 0.616. The van der Waals surface area contributed by atoms with Crippen molar-refractivity contribution >= 4 is 11.6 Å². The molecule has 0 aliphatic heterocycles. The Morgan fingerprint density at radius 2 is 2.22 bits per heavy atom. The van der Waals surface area contributed by atoms with Gasteiger partial charge in [-0.15, -0.1) is 0 Å². The van der Waals surface area contributed by atoms with Gasteiger partial charge in [-0.25, -0.2) is 4.98 Å². The van der Waals surface area contributed by atoms with Crippen LogP contribution < -0.4 is 10.6 Å². The number of hydrogen-bond donors (Lipinski definition) is 2. The molecule has 2 aromatic heterocycles. The van der Waals surface area contributed by atoms with E-state index in [9.17, 15) is 0 Å². The highest BCUT2D eigenvalue weighted by atomic mass is 16.5. The van der Waals surface area contributed by atoms with Gasteiger partial charge in [0.1, 0.15) is 12.1 Å². The van der Waals surface area contributed by atoms with Crippen molar-refractivity contribution < 1.29 is 4.74 Å². The number of hydrogen-bond acceptors (Lipinski definition) is 6. The average Bonchev–Trinajstić information content (AvgIpc) is 2.81. The number of nitrogens with one attached hydrogen (secondary N) is 2. The number of ether oxygens (including phenoxy) is 1. The molecule has 2 N–H and O–H groups in total. The smallest absolute Gasteiger partial charge is 0.254 e. The van der Waals surface area contributed by atoms with Crippen molar-refractivity contribution in [3.05, 3.63) is 18.1 Å². The van der Waals surface area contributed by atoms with E-state index in [1.807, 2.05) is 13.0 Å². The molecule has 7 heteroatoms. The van der Waals surface area contributed by atoms with E-state index >= 15 is 0 Å². The van der Waals surface area contributed by atoms with E-state index in [0.29, 0.717) is 5.78 Å². The lowest BCUT2D eigenvalue weighted by atomic mass is 10.4. The van der Waals surface area contributed by atoms with Gasteiger partial charge in [0, 0.05) is 38.5 Å². The van der Waals surface area contributed by atoms with Crippen LogP contribution in [0.5, 0.6) is 0 Å².